The van der Waals surface area contributed by atoms with Crippen LogP contribution in [-0.2, 0) is 43.3 Å². The molecule has 2 aliphatic heterocycles. The monoisotopic (exact) mass is 1640 g/mol. The van der Waals surface area contributed by atoms with E-state index in [1.54, 1.807) is 0 Å². The summed E-state index contributed by atoms with van der Waals surface area (Å²) in [6.45, 7) is 47.3. The van der Waals surface area contributed by atoms with Gasteiger partial charge in [-0.25, -0.2) is 0 Å². The molecule has 22 rings (SSSR count). The van der Waals surface area contributed by atoms with Gasteiger partial charge in [0.05, 0.1) is 38.8 Å². The van der Waals surface area contributed by atoms with Gasteiger partial charge in [0.1, 0.15) is 0 Å². The van der Waals surface area contributed by atoms with Crippen LogP contribution in [0.5, 0.6) is 0 Å². The first-order valence-corrected chi connectivity index (χ1v) is 45.9. The number of benzene rings is 15. The van der Waals surface area contributed by atoms with Crippen molar-refractivity contribution >= 4 is 123 Å². The van der Waals surface area contributed by atoms with E-state index < -0.39 is 0 Å². The van der Waals surface area contributed by atoms with Crippen molar-refractivity contribution in [3.05, 3.63) is 348 Å². The Morgan fingerprint density at radius 1 is 0.222 bits per heavy atom. The molecule has 15 aromatic carbocycles. The molecule has 0 fully saturated rings. The summed E-state index contributed by atoms with van der Waals surface area (Å²) in [6.07, 6.45) is 2.22. The van der Waals surface area contributed by atoms with E-state index >= 15 is 0 Å². The molecule has 126 heavy (non-hydrogen) atoms. The minimum atomic E-state index is -0.245. The van der Waals surface area contributed by atoms with Gasteiger partial charge < -0.3 is 23.5 Å². The molecular formula is C120H114BN5. The van der Waals surface area contributed by atoms with Crippen molar-refractivity contribution in [3.63, 3.8) is 0 Å². The van der Waals surface area contributed by atoms with Crippen LogP contribution in [0, 0.1) is 0 Å². The summed E-state index contributed by atoms with van der Waals surface area (Å²) in [6, 6.07) is 119. The molecule has 0 saturated heterocycles. The molecule has 0 saturated carbocycles. The number of aromatic nitrogens is 3. The van der Waals surface area contributed by atoms with Gasteiger partial charge in [-0.2, -0.15) is 0 Å². The lowest BCUT2D eigenvalue weighted by Crippen LogP contribution is -2.61. The number of rotatable bonds is 9. The molecule has 0 bridgehead atoms. The van der Waals surface area contributed by atoms with Crippen molar-refractivity contribution in [2.75, 3.05) is 9.80 Å². The predicted octanol–water partition coefficient (Wildman–Crippen LogP) is 30.8. The highest BCUT2D eigenvalue weighted by Gasteiger charge is 2.47. The van der Waals surface area contributed by atoms with E-state index in [4.69, 9.17) is 0 Å². The largest absolute Gasteiger partial charge is 0.311 e. The van der Waals surface area contributed by atoms with Crippen LogP contribution in [0.15, 0.2) is 303 Å². The number of nitrogens with zero attached hydrogens (tertiary/aromatic N) is 5. The quantitative estimate of drug-likeness (QED) is 0.134. The molecule has 4 aliphatic rings. The van der Waals surface area contributed by atoms with Crippen LogP contribution in [-0.4, -0.2) is 20.4 Å². The zero-order valence-corrected chi connectivity index (χ0v) is 77.1. The molecule has 0 atom stereocenters. The molecule has 0 amide bonds. The molecule has 0 radical (unpaired) electrons. The Morgan fingerprint density at radius 3 is 0.817 bits per heavy atom. The highest BCUT2D eigenvalue weighted by Crippen LogP contribution is 2.55. The highest BCUT2D eigenvalue weighted by molar-refractivity contribution is 7.00. The van der Waals surface area contributed by atoms with Crippen LogP contribution in [0.1, 0.15) is 196 Å². The fourth-order valence-corrected chi connectivity index (χ4v) is 23.3. The molecule has 622 valence electrons. The minimum Gasteiger partial charge on any atom is -0.311 e. The molecule has 6 heteroatoms. The Bertz CT molecular complexity index is 7010. The van der Waals surface area contributed by atoms with Crippen LogP contribution in [0.25, 0.3) is 127 Å². The van der Waals surface area contributed by atoms with Crippen molar-refractivity contribution in [2.24, 2.45) is 0 Å². The molecular weight excluding hydrogens is 1520 g/mol. The third kappa shape index (κ3) is 12.5. The first-order valence-electron chi connectivity index (χ1n) is 45.9. The maximum Gasteiger partial charge on any atom is 0.252 e. The predicted molar refractivity (Wildman–Crippen MR) is 541 cm³/mol. The molecule has 5 heterocycles. The molecule has 0 unspecified atom stereocenters. The zero-order chi connectivity index (χ0) is 87.3. The van der Waals surface area contributed by atoms with Crippen molar-refractivity contribution < 1.29 is 0 Å². The van der Waals surface area contributed by atoms with Gasteiger partial charge in [0, 0.05) is 77.8 Å². The van der Waals surface area contributed by atoms with Crippen LogP contribution in [0.3, 0.4) is 0 Å². The number of hydrogen-bond donors (Lipinski definition) is 0. The normalized spacial score (nSPS) is 15.6. The van der Waals surface area contributed by atoms with Crippen LogP contribution >= 0.6 is 0 Å². The van der Waals surface area contributed by atoms with E-state index in [1.807, 2.05) is 0 Å². The van der Waals surface area contributed by atoms with Crippen molar-refractivity contribution in [2.45, 2.75) is 195 Å². The summed E-state index contributed by atoms with van der Waals surface area (Å²) in [5.74, 6) is 0. The molecule has 0 N–H and O–H groups in total. The van der Waals surface area contributed by atoms with Gasteiger partial charge in [0.25, 0.3) is 6.71 Å². The molecule has 0 spiro atoms. The SMILES string of the molecule is CC(C)(C)c1ccc2c(c1)c1cc(C(C)(C)C)ccc1n2-c1ccc2c(c1)N(c1ccc(-c3ccc4c(c3)C(C)(C)CC4(C)C)cc1)c1cc(-n3c4ccc(-c5ccccc5)cc4c4cc(-c5ccccc5)ccc43)cc3c1B2c1ccc(-n2c4ccc(C(C)(C)C)cc4c4cc(C(C)(C)C)ccc42)cc1N3c1ccc(-c2ccc3c(c2)C(C)(C)CC3(C)C)cc1. The Kier molecular flexibility index (Phi) is 17.3. The summed E-state index contributed by atoms with van der Waals surface area (Å²) < 4.78 is 7.74. The van der Waals surface area contributed by atoms with Gasteiger partial charge in [0.15, 0.2) is 0 Å². The van der Waals surface area contributed by atoms with E-state index in [2.05, 4.69) is 465 Å². The molecule has 18 aromatic rings. The van der Waals surface area contributed by atoms with Gasteiger partial charge in [-0.3, -0.25) is 0 Å². The Hall–Kier alpha value is -12.6. The number of hydrogen-bond acceptors (Lipinski definition) is 2. The fourth-order valence-electron chi connectivity index (χ4n) is 23.3. The lowest BCUT2D eigenvalue weighted by molar-refractivity contribution is 0.402. The average Bonchev–Trinajstić information content (AvgIpc) is 0.904. The molecule has 5 nitrogen and oxygen atoms in total. The lowest BCUT2D eigenvalue weighted by Gasteiger charge is -2.44. The Balaban J connectivity index is 0.855. The van der Waals surface area contributed by atoms with Crippen molar-refractivity contribution in [1.82, 2.24) is 13.7 Å². The lowest BCUT2D eigenvalue weighted by atomic mass is 9.33. The van der Waals surface area contributed by atoms with Crippen LogP contribution in [0.4, 0.5) is 34.1 Å². The summed E-state index contributed by atoms with van der Waals surface area (Å²) in [5, 5.41) is 7.46. The number of fused-ring (bicyclic) bond motifs is 15. The summed E-state index contributed by atoms with van der Waals surface area (Å²) in [7, 11) is 0. The van der Waals surface area contributed by atoms with E-state index in [0.29, 0.717) is 0 Å². The van der Waals surface area contributed by atoms with Crippen molar-refractivity contribution in [1.29, 1.82) is 0 Å². The zero-order valence-electron chi connectivity index (χ0n) is 77.1. The maximum absolute atomic E-state index is 2.67. The fraction of sp³-hybridized carbons (Fsp3) is 0.250. The second-order valence-corrected chi connectivity index (χ2v) is 44.1. The summed E-state index contributed by atoms with van der Waals surface area (Å²) in [5.41, 5.74) is 41.5. The topological polar surface area (TPSA) is 21.3 Å². The first kappa shape index (κ1) is 79.3. The maximum atomic E-state index is 2.67. The smallest absolute Gasteiger partial charge is 0.252 e. The third-order valence-corrected chi connectivity index (χ3v) is 29.4. The Morgan fingerprint density at radius 2 is 0.484 bits per heavy atom. The highest BCUT2D eigenvalue weighted by atomic mass is 15.2. The molecule has 3 aromatic heterocycles. The summed E-state index contributed by atoms with van der Waals surface area (Å²) in [4.78, 5) is 5.34. The third-order valence-electron chi connectivity index (χ3n) is 29.4. The van der Waals surface area contributed by atoms with Gasteiger partial charge in [-0.1, -0.05) is 308 Å². The van der Waals surface area contributed by atoms with Crippen LogP contribution in [0.2, 0.25) is 0 Å². The van der Waals surface area contributed by atoms with Gasteiger partial charge in [0.2, 0.25) is 0 Å². The van der Waals surface area contributed by atoms with Crippen molar-refractivity contribution in [3.8, 4) is 61.6 Å². The van der Waals surface area contributed by atoms with Gasteiger partial charge >= 0.3 is 0 Å². The van der Waals surface area contributed by atoms with E-state index in [-0.39, 0.29) is 50.0 Å². The Labute approximate surface area is 745 Å². The van der Waals surface area contributed by atoms with E-state index in [0.717, 1.165) is 75.1 Å². The van der Waals surface area contributed by atoms with Gasteiger partial charge in [-0.15, -0.1) is 0 Å². The summed E-state index contributed by atoms with van der Waals surface area (Å²) >= 11 is 0. The van der Waals surface area contributed by atoms with E-state index in [9.17, 15) is 0 Å². The van der Waals surface area contributed by atoms with E-state index in [1.165, 1.54) is 160 Å². The standard InChI is InChI=1S/C120H114BN5/c1-113(2,3)81-39-55-104-92(63-81)93-64-82(114(4,5)6)40-56-105(93)124(104)87-47-51-100-108(67-87)122(85-43-31-75(32-44-85)79-35-49-96-98(61-79)119(17,18)71-117(96,13)14)110-69-89(126-102-53-37-77(73-27-23-21-24-28-73)59-90(102)91-60-78(38-54-103(91)126)74-29-25-22-26-30-74)70-111-112(110)121(100)101-52-48-88(125-106-57-41-83(115(7,8)9)65-94(106)95-66-84(116(10,11)12)42-58-107(95)125)68-109(101)123(111)86-45-33-76(34-46-86)80-36-50-97-99(62-80)120(19,20)72-118(97,15)16/h21-70H,71-72H2,1-20H3. The minimum absolute atomic E-state index is 0.0423. The van der Waals surface area contributed by atoms with Crippen LogP contribution < -0.4 is 26.2 Å². The number of anilines is 6. The van der Waals surface area contributed by atoms with Gasteiger partial charge in [-0.05, 0) is 295 Å². The second-order valence-electron chi connectivity index (χ2n) is 44.1. The first-order chi connectivity index (χ1) is 59.9. The second kappa shape index (κ2) is 27.4. The molecule has 2 aliphatic carbocycles. The average molecular weight is 1640 g/mol.